The van der Waals surface area contributed by atoms with Crippen molar-refractivity contribution in [2.24, 2.45) is 0 Å². The standard InChI is InChI=1S/C27H30N2O6/c1-32-21-15-19-20(16-22(21)33-2)25(30)29-10-7-17-5-3-4-6-18(17)24(29)23(19)26(31)28-11-8-27(9-12-28)34-13-14-35-27/h3-6,15-16,23-24H,7-14H2,1-2H3/t23-,24-/m1/s1. The Kier molecular flexibility index (Phi) is 5.45. The molecule has 0 aliphatic carbocycles. The Morgan fingerprint density at radius 2 is 1.66 bits per heavy atom. The minimum Gasteiger partial charge on any atom is -0.493 e. The van der Waals surface area contributed by atoms with E-state index in [1.165, 1.54) is 5.56 Å². The number of rotatable bonds is 3. The molecule has 2 atom stereocenters. The van der Waals surface area contributed by atoms with Crippen molar-refractivity contribution in [2.45, 2.75) is 37.0 Å². The van der Waals surface area contributed by atoms with E-state index in [9.17, 15) is 9.59 Å². The quantitative estimate of drug-likeness (QED) is 0.675. The number of ether oxygens (including phenoxy) is 4. The molecule has 0 bridgehead atoms. The maximum Gasteiger partial charge on any atom is 0.254 e. The number of carbonyl (C=O) groups is 2. The second-order valence-electron chi connectivity index (χ2n) is 9.60. The van der Waals surface area contributed by atoms with E-state index in [0.29, 0.717) is 68.3 Å². The molecule has 2 aromatic carbocycles. The lowest BCUT2D eigenvalue weighted by Crippen LogP contribution is -2.53. The number of hydrogen-bond acceptors (Lipinski definition) is 6. The Morgan fingerprint density at radius 3 is 2.37 bits per heavy atom. The lowest BCUT2D eigenvalue weighted by Gasteiger charge is -2.47. The van der Waals surface area contributed by atoms with Crippen molar-refractivity contribution in [3.05, 3.63) is 58.7 Å². The molecule has 4 aliphatic rings. The highest BCUT2D eigenvalue weighted by atomic mass is 16.7. The van der Waals surface area contributed by atoms with E-state index in [1.54, 1.807) is 20.3 Å². The van der Waals surface area contributed by atoms with Crippen molar-refractivity contribution in [3.63, 3.8) is 0 Å². The summed E-state index contributed by atoms with van der Waals surface area (Å²) < 4.78 is 22.8. The van der Waals surface area contributed by atoms with E-state index in [0.717, 1.165) is 12.0 Å². The van der Waals surface area contributed by atoms with E-state index in [2.05, 4.69) is 12.1 Å². The molecular formula is C27H30N2O6. The Labute approximate surface area is 204 Å². The summed E-state index contributed by atoms with van der Waals surface area (Å²) in [6.45, 7) is 2.88. The highest BCUT2D eigenvalue weighted by Gasteiger charge is 2.49. The van der Waals surface area contributed by atoms with Crippen LogP contribution < -0.4 is 9.47 Å². The first kappa shape index (κ1) is 22.4. The first-order valence-corrected chi connectivity index (χ1v) is 12.3. The van der Waals surface area contributed by atoms with Gasteiger partial charge in [-0.25, -0.2) is 0 Å². The van der Waals surface area contributed by atoms with Gasteiger partial charge in [0.15, 0.2) is 17.3 Å². The number of carbonyl (C=O) groups excluding carboxylic acids is 2. The number of hydrogen-bond donors (Lipinski definition) is 0. The van der Waals surface area contributed by atoms with Crippen LogP contribution in [0.1, 0.15) is 51.8 Å². The van der Waals surface area contributed by atoms with Gasteiger partial charge in [-0.3, -0.25) is 9.59 Å². The van der Waals surface area contributed by atoms with Crippen molar-refractivity contribution >= 4 is 11.8 Å². The maximum atomic E-state index is 14.3. The molecule has 0 aromatic heterocycles. The zero-order valence-electron chi connectivity index (χ0n) is 20.1. The molecule has 4 aliphatic heterocycles. The van der Waals surface area contributed by atoms with Crippen LogP contribution >= 0.6 is 0 Å². The van der Waals surface area contributed by atoms with Crippen molar-refractivity contribution in [1.82, 2.24) is 9.80 Å². The molecule has 0 N–H and O–H groups in total. The van der Waals surface area contributed by atoms with Crippen LogP contribution in [-0.2, 0) is 20.7 Å². The zero-order valence-corrected chi connectivity index (χ0v) is 20.1. The summed E-state index contributed by atoms with van der Waals surface area (Å²) in [4.78, 5) is 31.8. The Balaban J connectivity index is 1.44. The fraction of sp³-hybridized carbons (Fsp3) is 0.481. The molecule has 0 radical (unpaired) electrons. The lowest BCUT2D eigenvalue weighted by molar-refractivity contribution is -0.188. The first-order valence-electron chi connectivity index (χ1n) is 12.3. The van der Waals surface area contributed by atoms with Gasteiger partial charge in [0, 0.05) is 38.0 Å². The van der Waals surface area contributed by atoms with Gasteiger partial charge in [0.05, 0.1) is 39.4 Å². The molecule has 184 valence electrons. The van der Waals surface area contributed by atoms with Gasteiger partial charge in [-0.05, 0) is 35.2 Å². The molecule has 0 saturated carbocycles. The van der Waals surface area contributed by atoms with Crippen molar-refractivity contribution in [2.75, 3.05) is 47.1 Å². The minimum atomic E-state index is -0.558. The summed E-state index contributed by atoms with van der Waals surface area (Å²) >= 11 is 0. The molecule has 1 spiro atoms. The van der Waals surface area contributed by atoms with Crippen molar-refractivity contribution in [3.8, 4) is 11.5 Å². The van der Waals surface area contributed by atoms with Crippen molar-refractivity contribution < 1.29 is 28.5 Å². The average molecular weight is 479 g/mol. The van der Waals surface area contributed by atoms with E-state index in [1.807, 2.05) is 28.0 Å². The predicted octanol–water partition coefficient (Wildman–Crippen LogP) is 2.91. The Bertz CT molecular complexity index is 1160. The number of benzene rings is 2. The normalized spacial score (nSPS) is 24.6. The summed E-state index contributed by atoms with van der Waals surface area (Å²) in [6.07, 6.45) is 2.06. The molecule has 0 unspecified atom stereocenters. The molecule has 8 nitrogen and oxygen atoms in total. The summed E-state index contributed by atoms with van der Waals surface area (Å²) in [7, 11) is 3.12. The van der Waals surface area contributed by atoms with Crippen LogP contribution in [0.2, 0.25) is 0 Å². The van der Waals surface area contributed by atoms with Crippen LogP contribution in [0.25, 0.3) is 0 Å². The van der Waals surface area contributed by atoms with Gasteiger partial charge in [0.1, 0.15) is 0 Å². The van der Waals surface area contributed by atoms with Gasteiger partial charge in [-0.1, -0.05) is 24.3 Å². The third-order valence-electron chi connectivity index (χ3n) is 7.95. The van der Waals surface area contributed by atoms with E-state index in [-0.39, 0.29) is 17.9 Å². The molecule has 8 heteroatoms. The summed E-state index contributed by atoms with van der Waals surface area (Å²) in [5.41, 5.74) is 3.44. The van der Waals surface area contributed by atoms with Gasteiger partial charge in [0.2, 0.25) is 5.91 Å². The van der Waals surface area contributed by atoms with Gasteiger partial charge < -0.3 is 28.7 Å². The van der Waals surface area contributed by atoms with Crippen LogP contribution in [-0.4, -0.2) is 74.5 Å². The molecule has 2 saturated heterocycles. The van der Waals surface area contributed by atoms with Crippen LogP contribution in [0, 0.1) is 0 Å². The van der Waals surface area contributed by atoms with Crippen LogP contribution in [0.3, 0.4) is 0 Å². The highest BCUT2D eigenvalue weighted by Crippen LogP contribution is 2.49. The number of amides is 2. The molecule has 4 heterocycles. The molecule has 35 heavy (non-hydrogen) atoms. The number of piperidine rings is 1. The predicted molar refractivity (Wildman–Crippen MR) is 127 cm³/mol. The van der Waals surface area contributed by atoms with E-state index in [4.69, 9.17) is 18.9 Å². The fourth-order valence-corrected chi connectivity index (χ4v) is 6.17. The Morgan fingerprint density at radius 1 is 0.971 bits per heavy atom. The third-order valence-corrected chi connectivity index (χ3v) is 7.95. The third kappa shape index (κ3) is 3.50. The molecule has 2 fully saturated rings. The summed E-state index contributed by atoms with van der Waals surface area (Å²) in [6, 6.07) is 11.3. The molecule has 2 amide bonds. The fourth-order valence-electron chi connectivity index (χ4n) is 6.17. The number of likely N-dealkylation sites (tertiary alicyclic amines) is 1. The topological polar surface area (TPSA) is 77.5 Å². The maximum absolute atomic E-state index is 14.3. The van der Waals surface area contributed by atoms with Gasteiger partial charge in [-0.15, -0.1) is 0 Å². The van der Waals surface area contributed by atoms with Gasteiger partial charge in [-0.2, -0.15) is 0 Å². The molecule has 6 rings (SSSR count). The molecule has 2 aromatic rings. The van der Waals surface area contributed by atoms with Crippen LogP contribution in [0.15, 0.2) is 36.4 Å². The first-order chi connectivity index (χ1) is 17.0. The van der Waals surface area contributed by atoms with Crippen molar-refractivity contribution in [1.29, 1.82) is 0 Å². The lowest BCUT2D eigenvalue weighted by atomic mass is 9.75. The second-order valence-corrected chi connectivity index (χ2v) is 9.60. The second kappa shape index (κ2) is 8.53. The van der Waals surface area contributed by atoms with Crippen LogP contribution in [0.5, 0.6) is 11.5 Å². The SMILES string of the molecule is COc1cc2c(cc1OC)[C@@H](C(=O)N1CCC3(CC1)OCCO3)[C@H]1c3ccccc3CCN1C2=O. The minimum absolute atomic E-state index is 0.0190. The zero-order chi connectivity index (χ0) is 24.2. The summed E-state index contributed by atoms with van der Waals surface area (Å²) in [5, 5.41) is 0. The van der Waals surface area contributed by atoms with E-state index >= 15 is 0 Å². The number of nitrogens with zero attached hydrogens (tertiary/aromatic N) is 2. The van der Waals surface area contributed by atoms with Gasteiger partial charge in [0.25, 0.3) is 5.91 Å². The summed E-state index contributed by atoms with van der Waals surface area (Å²) in [5.74, 6) is -0.155. The van der Waals surface area contributed by atoms with Gasteiger partial charge >= 0.3 is 0 Å². The smallest absolute Gasteiger partial charge is 0.254 e. The monoisotopic (exact) mass is 478 g/mol. The molecular weight excluding hydrogens is 448 g/mol. The Hall–Kier alpha value is -3.10. The average Bonchev–Trinajstić information content (AvgIpc) is 3.35. The largest absolute Gasteiger partial charge is 0.493 e. The number of fused-ring (bicyclic) bond motifs is 4. The number of methoxy groups -OCH3 is 2. The van der Waals surface area contributed by atoms with Crippen LogP contribution in [0.4, 0.5) is 0 Å². The highest BCUT2D eigenvalue weighted by molar-refractivity contribution is 6.02. The van der Waals surface area contributed by atoms with E-state index < -0.39 is 11.7 Å².